The van der Waals surface area contributed by atoms with Crippen LogP contribution in [0.4, 0.5) is 11.4 Å². The topological polar surface area (TPSA) is 64.3 Å². The third-order valence-electron chi connectivity index (χ3n) is 3.15. The third-order valence-corrected chi connectivity index (χ3v) is 3.64. The van der Waals surface area contributed by atoms with Crippen LogP contribution >= 0.6 is 15.9 Å². The lowest BCUT2D eigenvalue weighted by Crippen LogP contribution is -2.21. The first-order valence-corrected chi connectivity index (χ1v) is 7.30. The Hall–Kier alpha value is -2.01. The first-order chi connectivity index (χ1) is 9.97. The lowest BCUT2D eigenvalue weighted by atomic mass is 10.1. The molecule has 0 aliphatic heterocycles. The van der Waals surface area contributed by atoms with E-state index in [1.807, 2.05) is 38.1 Å². The maximum absolute atomic E-state index is 11.9. The summed E-state index contributed by atoms with van der Waals surface area (Å²) in [6, 6.07) is 11.1. The van der Waals surface area contributed by atoms with Crippen molar-refractivity contribution in [3.05, 3.63) is 52.0 Å². The Kier molecular flexibility index (Phi) is 4.85. The SMILES string of the molecule is Cc1cc(Br)ccc1OCC(=O)Nc1cccc(N)c1C. The number of anilines is 2. The number of nitrogens with two attached hydrogens (primary N) is 1. The summed E-state index contributed by atoms with van der Waals surface area (Å²) < 4.78 is 6.51. The van der Waals surface area contributed by atoms with E-state index in [0.717, 1.165) is 15.6 Å². The highest BCUT2D eigenvalue weighted by Crippen LogP contribution is 2.23. The molecule has 0 atom stereocenters. The molecule has 0 fully saturated rings. The highest BCUT2D eigenvalue weighted by molar-refractivity contribution is 9.10. The van der Waals surface area contributed by atoms with Crippen LogP contribution in [0.3, 0.4) is 0 Å². The molecule has 3 N–H and O–H groups in total. The van der Waals surface area contributed by atoms with E-state index >= 15 is 0 Å². The maximum Gasteiger partial charge on any atom is 0.262 e. The Morgan fingerprint density at radius 3 is 2.76 bits per heavy atom. The quantitative estimate of drug-likeness (QED) is 0.828. The number of carbonyl (C=O) groups excluding carboxylic acids is 1. The number of hydrogen-bond donors (Lipinski definition) is 2. The van der Waals surface area contributed by atoms with Gasteiger partial charge in [0.25, 0.3) is 5.91 Å². The molecule has 0 saturated carbocycles. The Balaban J connectivity index is 1.97. The highest BCUT2D eigenvalue weighted by Gasteiger charge is 2.08. The van der Waals surface area contributed by atoms with Crippen LogP contribution < -0.4 is 15.8 Å². The van der Waals surface area contributed by atoms with Crippen molar-refractivity contribution < 1.29 is 9.53 Å². The molecule has 0 aromatic heterocycles. The molecule has 0 spiro atoms. The van der Waals surface area contributed by atoms with Gasteiger partial charge >= 0.3 is 0 Å². The average molecular weight is 349 g/mol. The van der Waals surface area contributed by atoms with Crippen molar-refractivity contribution in [3.8, 4) is 5.75 Å². The van der Waals surface area contributed by atoms with Gasteiger partial charge in [-0.1, -0.05) is 22.0 Å². The van der Waals surface area contributed by atoms with Crippen LogP contribution in [-0.2, 0) is 4.79 Å². The van der Waals surface area contributed by atoms with E-state index < -0.39 is 0 Å². The minimum Gasteiger partial charge on any atom is -0.483 e. The minimum atomic E-state index is -0.217. The molecule has 0 saturated heterocycles. The van der Waals surface area contributed by atoms with Crippen LogP contribution in [0, 0.1) is 13.8 Å². The van der Waals surface area contributed by atoms with E-state index in [-0.39, 0.29) is 12.5 Å². The van der Waals surface area contributed by atoms with Crippen molar-refractivity contribution in [1.29, 1.82) is 0 Å². The molecular formula is C16H17BrN2O2. The number of nitrogens with one attached hydrogen (secondary N) is 1. The highest BCUT2D eigenvalue weighted by atomic mass is 79.9. The van der Waals surface area contributed by atoms with Gasteiger partial charge < -0.3 is 15.8 Å². The number of halogens is 1. The number of aryl methyl sites for hydroxylation is 1. The normalized spacial score (nSPS) is 10.2. The second kappa shape index (κ2) is 6.63. The third kappa shape index (κ3) is 3.98. The first-order valence-electron chi connectivity index (χ1n) is 6.51. The molecule has 2 rings (SSSR count). The second-order valence-electron chi connectivity index (χ2n) is 4.77. The largest absolute Gasteiger partial charge is 0.483 e. The minimum absolute atomic E-state index is 0.0449. The zero-order valence-electron chi connectivity index (χ0n) is 11.9. The van der Waals surface area contributed by atoms with E-state index in [0.29, 0.717) is 17.1 Å². The molecule has 0 unspecified atom stereocenters. The number of rotatable bonds is 4. The Morgan fingerprint density at radius 1 is 1.29 bits per heavy atom. The van der Waals surface area contributed by atoms with Gasteiger partial charge in [-0.2, -0.15) is 0 Å². The number of benzene rings is 2. The van der Waals surface area contributed by atoms with E-state index in [9.17, 15) is 4.79 Å². The predicted octanol–water partition coefficient (Wildman–Crippen LogP) is 3.67. The molecule has 0 aliphatic rings. The van der Waals surface area contributed by atoms with Gasteiger partial charge in [-0.05, 0) is 55.3 Å². The van der Waals surface area contributed by atoms with Gasteiger partial charge in [-0.25, -0.2) is 0 Å². The summed E-state index contributed by atoms with van der Waals surface area (Å²) in [5, 5.41) is 2.80. The zero-order valence-corrected chi connectivity index (χ0v) is 13.5. The van der Waals surface area contributed by atoms with Gasteiger partial charge in [-0.3, -0.25) is 4.79 Å². The number of amides is 1. The summed E-state index contributed by atoms with van der Waals surface area (Å²) >= 11 is 3.39. The van der Waals surface area contributed by atoms with E-state index in [2.05, 4.69) is 21.2 Å². The van der Waals surface area contributed by atoms with Gasteiger partial charge in [0.05, 0.1) is 0 Å². The molecule has 2 aromatic carbocycles. The van der Waals surface area contributed by atoms with Crippen LogP contribution in [0.15, 0.2) is 40.9 Å². The lowest BCUT2D eigenvalue weighted by Gasteiger charge is -2.12. The summed E-state index contributed by atoms with van der Waals surface area (Å²) in [5.74, 6) is 0.476. The van der Waals surface area contributed by atoms with Crippen LogP contribution in [-0.4, -0.2) is 12.5 Å². The summed E-state index contributed by atoms with van der Waals surface area (Å²) in [4.78, 5) is 11.9. The number of nitrogen functional groups attached to an aromatic ring is 1. The molecule has 0 radical (unpaired) electrons. The Morgan fingerprint density at radius 2 is 2.05 bits per heavy atom. The van der Waals surface area contributed by atoms with Crippen molar-refractivity contribution in [2.45, 2.75) is 13.8 Å². The summed E-state index contributed by atoms with van der Waals surface area (Å²) in [6.07, 6.45) is 0. The fourth-order valence-electron chi connectivity index (χ4n) is 1.89. The fraction of sp³-hybridized carbons (Fsp3) is 0.188. The van der Waals surface area contributed by atoms with Crippen LogP contribution in [0.2, 0.25) is 0 Å². The molecule has 110 valence electrons. The van der Waals surface area contributed by atoms with Gasteiger partial charge in [0.2, 0.25) is 0 Å². The van der Waals surface area contributed by atoms with E-state index in [1.165, 1.54) is 0 Å². The number of ether oxygens (including phenoxy) is 1. The number of carbonyl (C=O) groups is 1. The molecule has 0 heterocycles. The van der Waals surface area contributed by atoms with Crippen LogP contribution in [0.5, 0.6) is 5.75 Å². The Bertz CT molecular complexity index is 671. The van der Waals surface area contributed by atoms with E-state index in [4.69, 9.17) is 10.5 Å². The van der Waals surface area contributed by atoms with Gasteiger partial charge in [0.1, 0.15) is 5.75 Å². The van der Waals surface area contributed by atoms with E-state index in [1.54, 1.807) is 12.1 Å². The van der Waals surface area contributed by atoms with Crippen LogP contribution in [0.25, 0.3) is 0 Å². The van der Waals surface area contributed by atoms with Crippen molar-refractivity contribution >= 4 is 33.2 Å². The molecule has 4 nitrogen and oxygen atoms in total. The molecule has 0 aliphatic carbocycles. The smallest absolute Gasteiger partial charge is 0.262 e. The fourth-order valence-corrected chi connectivity index (χ4v) is 2.37. The average Bonchev–Trinajstić information content (AvgIpc) is 2.43. The Labute approximate surface area is 132 Å². The zero-order chi connectivity index (χ0) is 15.4. The summed E-state index contributed by atoms with van der Waals surface area (Å²) in [5.41, 5.74) is 8.99. The van der Waals surface area contributed by atoms with Crippen LogP contribution in [0.1, 0.15) is 11.1 Å². The van der Waals surface area contributed by atoms with Crippen molar-refractivity contribution in [2.24, 2.45) is 0 Å². The molecule has 2 aromatic rings. The van der Waals surface area contributed by atoms with Gasteiger partial charge in [-0.15, -0.1) is 0 Å². The first kappa shape index (κ1) is 15.4. The monoisotopic (exact) mass is 348 g/mol. The summed E-state index contributed by atoms with van der Waals surface area (Å²) in [7, 11) is 0. The molecular weight excluding hydrogens is 332 g/mol. The number of hydrogen-bond acceptors (Lipinski definition) is 3. The lowest BCUT2D eigenvalue weighted by molar-refractivity contribution is -0.118. The van der Waals surface area contributed by atoms with Crippen molar-refractivity contribution in [3.63, 3.8) is 0 Å². The standard InChI is InChI=1S/C16H17BrN2O2/c1-10-8-12(17)6-7-15(10)21-9-16(20)19-14-5-3-4-13(18)11(14)2/h3-8H,9,18H2,1-2H3,(H,19,20). The second-order valence-corrected chi connectivity index (χ2v) is 5.68. The van der Waals surface area contributed by atoms with Crippen molar-refractivity contribution in [2.75, 3.05) is 17.7 Å². The molecule has 21 heavy (non-hydrogen) atoms. The maximum atomic E-state index is 11.9. The summed E-state index contributed by atoms with van der Waals surface area (Å²) in [6.45, 7) is 3.75. The molecule has 5 heteroatoms. The van der Waals surface area contributed by atoms with Gasteiger partial charge in [0, 0.05) is 15.8 Å². The molecule has 1 amide bonds. The van der Waals surface area contributed by atoms with Crippen molar-refractivity contribution in [1.82, 2.24) is 0 Å². The van der Waals surface area contributed by atoms with Gasteiger partial charge in [0.15, 0.2) is 6.61 Å². The molecule has 0 bridgehead atoms. The predicted molar refractivity (Wildman–Crippen MR) is 88.6 cm³/mol.